The van der Waals surface area contributed by atoms with E-state index in [-0.39, 0.29) is 22.3 Å². The Morgan fingerprint density at radius 3 is 1.14 bits per heavy atom. The van der Waals surface area contributed by atoms with Crippen LogP contribution >= 0.6 is 0 Å². The summed E-state index contributed by atoms with van der Waals surface area (Å²) in [6.07, 6.45) is 0. The van der Waals surface area contributed by atoms with Crippen molar-refractivity contribution in [3.8, 4) is 0 Å². The molecule has 0 atom stereocenters. The molecule has 10 heteroatoms. The molecule has 3 aromatic carbocycles. The van der Waals surface area contributed by atoms with Crippen molar-refractivity contribution in [2.24, 2.45) is 0 Å². The third-order valence-electron chi connectivity index (χ3n) is 4.60. The normalized spacial score (nSPS) is 10.0. The zero-order chi connectivity index (χ0) is 25.9. The quantitative estimate of drug-likeness (QED) is 0.458. The van der Waals surface area contributed by atoms with E-state index in [9.17, 15) is 28.8 Å². The topological polar surface area (TPSA) is 145 Å². The minimum absolute atomic E-state index is 0.0416. The molecule has 36 heavy (non-hydrogen) atoms. The summed E-state index contributed by atoms with van der Waals surface area (Å²) in [5.74, 6) is -4.56. The van der Waals surface area contributed by atoms with Gasteiger partial charge in [0, 0.05) is 11.1 Å². The largest absolute Gasteiger partial charge is 0.452 e. The van der Waals surface area contributed by atoms with Gasteiger partial charge in [0.15, 0.2) is 13.2 Å². The summed E-state index contributed by atoms with van der Waals surface area (Å²) in [7, 11) is 0. The highest BCUT2D eigenvalue weighted by Gasteiger charge is 2.16. The third-order valence-corrected chi connectivity index (χ3v) is 4.60. The number of hydrogen-bond acceptors (Lipinski definition) is 8. The van der Waals surface area contributed by atoms with Crippen LogP contribution in [0.25, 0.3) is 0 Å². The van der Waals surface area contributed by atoms with E-state index >= 15 is 0 Å². The number of imide groups is 2. The molecular weight excluding hydrogens is 468 g/mol. The SMILES string of the molecule is O=C(COC(=O)c1ccc(C(=O)OCC(=O)NC(=O)c2ccccc2)cc1)NC(=O)c1ccccc1. The van der Waals surface area contributed by atoms with Crippen molar-refractivity contribution >= 4 is 35.6 Å². The average Bonchev–Trinajstić information content (AvgIpc) is 2.91. The fraction of sp³-hybridized carbons (Fsp3) is 0.0769. The molecule has 0 spiro atoms. The van der Waals surface area contributed by atoms with Crippen molar-refractivity contribution in [3.05, 3.63) is 107 Å². The van der Waals surface area contributed by atoms with Gasteiger partial charge in [0.1, 0.15) is 0 Å². The van der Waals surface area contributed by atoms with Crippen LogP contribution < -0.4 is 10.6 Å². The van der Waals surface area contributed by atoms with E-state index in [2.05, 4.69) is 10.6 Å². The highest BCUT2D eigenvalue weighted by atomic mass is 16.5. The number of benzene rings is 3. The Labute approximate surface area is 205 Å². The fourth-order valence-corrected chi connectivity index (χ4v) is 2.82. The zero-order valence-corrected chi connectivity index (χ0v) is 18.8. The second-order valence-corrected chi connectivity index (χ2v) is 7.22. The summed E-state index contributed by atoms with van der Waals surface area (Å²) in [4.78, 5) is 71.8. The molecule has 0 aliphatic carbocycles. The summed E-state index contributed by atoms with van der Waals surface area (Å²) in [6, 6.07) is 21.2. The summed E-state index contributed by atoms with van der Waals surface area (Å²) in [5.41, 5.74) is 0.639. The van der Waals surface area contributed by atoms with Gasteiger partial charge in [0.05, 0.1) is 11.1 Å². The van der Waals surface area contributed by atoms with Gasteiger partial charge in [-0.25, -0.2) is 9.59 Å². The Balaban J connectivity index is 1.43. The summed E-state index contributed by atoms with van der Waals surface area (Å²) < 4.78 is 9.75. The van der Waals surface area contributed by atoms with Gasteiger partial charge in [0.2, 0.25) is 0 Å². The number of carbonyl (C=O) groups is 6. The van der Waals surface area contributed by atoms with Crippen LogP contribution in [-0.2, 0) is 19.1 Å². The summed E-state index contributed by atoms with van der Waals surface area (Å²) in [5, 5.41) is 4.20. The molecule has 3 rings (SSSR count). The molecule has 0 heterocycles. The third kappa shape index (κ3) is 7.45. The van der Waals surface area contributed by atoms with Crippen LogP contribution in [-0.4, -0.2) is 48.8 Å². The second kappa shape index (κ2) is 12.4. The number of carbonyl (C=O) groups excluding carboxylic acids is 6. The molecule has 10 nitrogen and oxygen atoms in total. The minimum Gasteiger partial charge on any atom is -0.452 e. The van der Waals surface area contributed by atoms with E-state index < -0.39 is 48.8 Å². The maximum Gasteiger partial charge on any atom is 0.338 e. The predicted octanol–water partition coefficient (Wildman–Crippen LogP) is 1.91. The smallest absolute Gasteiger partial charge is 0.338 e. The standard InChI is InChI=1S/C26H20N2O8/c29-21(27-23(31)17-7-3-1-4-8-17)15-35-25(33)19-11-13-20(14-12-19)26(34)36-16-22(30)28-24(32)18-9-5-2-6-10-18/h1-14H,15-16H2,(H,27,29,31)(H,28,30,32). The molecule has 0 aliphatic rings. The molecule has 0 fully saturated rings. The molecule has 4 amide bonds. The van der Waals surface area contributed by atoms with Gasteiger partial charge in [0.25, 0.3) is 23.6 Å². The molecule has 0 radical (unpaired) electrons. The molecule has 0 saturated carbocycles. The number of nitrogens with one attached hydrogen (secondary N) is 2. The number of esters is 2. The first-order valence-corrected chi connectivity index (χ1v) is 10.6. The minimum atomic E-state index is -0.851. The van der Waals surface area contributed by atoms with E-state index in [0.717, 1.165) is 0 Å². The Morgan fingerprint density at radius 1 is 0.472 bits per heavy atom. The highest BCUT2D eigenvalue weighted by Crippen LogP contribution is 2.08. The van der Waals surface area contributed by atoms with Crippen LogP contribution in [0.2, 0.25) is 0 Å². The highest BCUT2D eigenvalue weighted by molar-refractivity contribution is 6.06. The maximum atomic E-state index is 12.1. The monoisotopic (exact) mass is 488 g/mol. The first-order chi connectivity index (χ1) is 17.3. The lowest BCUT2D eigenvalue weighted by Gasteiger charge is -2.07. The van der Waals surface area contributed by atoms with Crippen LogP contribution in [0.1, 0.15) is 41.4 Å². The van der Waals surface area contributed by atoms with E-state index in [1.807, 2.05) is 0 Å². The van der Waals surface area contributed by atoms with Crippen molar-refractivity contribution < 1.29 is 38.2 Å². The maximum absolute atomic E-state index is 12.1. The molecular formula is C26H20N2O8. The van der Waals surface area contributed by atoms with Crippen LogP contribution in [0.15, 0.2) is 84.9 Å². The summed E-state index contributed by atoms with van der Waals surface area (Å²) in [6.45, 7) is -1.37. The van der Waals surface area contributed by atoms with Crippen molar-refractivity contribution in [1.29, 1.82) is 0 Å². The lowest BCUT2D eigenvalue weighted by atomic mass is 10.1. The first-order valence-electron chi connectivity index (χ1n) is 10.6. The molecule has 0 aromatic heterocycles. The zero-order valence-electron chi connectivity index (χ0n) is 18.8. The molecule has 0 bridgehead atoms. The Hall–Kier alpha value is -5.12. The van der Waals surface area contributed by atoms with E-state index in [0.29, 0.717) is 0 Å². The van der Waals surface area contributed by atoms with Crippen LogP contribution in [0, 0.1) is 0 Å². The summed E-state index contributed by atoms with van der Waals surface area (Å²) >= 11 is 0. The van der Waals surface area contributed by atoms with Gasteiger partial charge < -0.3 is 9.47 Å². The van der Waals surface area contributed by atoms with E-state index in [1.165, 1.54) is 48.5 Å². The van der Waals surface area contributed by atoms with Crippen molar-refractivity contribution in [3.63, 3.8) is 0 Å². The van der Waals surface area contributed by atoms with Gasteiger partial charge in [-0.3, -0.25) is 29.8 Å². The number of amides is 4. The molecule has 2 N–H and O–H groups in total. The molecule has 3 aromatic rings. The van der Waals surface area contributed by atoms with Crippen molar-refractivity contribution in [1.82, 2.24) is 10.6 Å². The van der Waals surface area contributed by atoms with Crippen molar-refractivity contribution in [2.45, 2.75) is 0 Å². The van der Waals surface area contributed by atoms with Gasteiger partial charge in [-0.2, -0.15) is 0 Å². The van der Waals surface area contributed by atoms with Gasteiger partial charge in [-0.1, -0.05) is 36.4 Å². The Kier molecular flexibility index (Phi) is 8.76. The fourth-order valence-electron chi connectivity index (χ4n) is 2.82. The van der Waals surface area contributed by atoms with Crippen LogP contribution in [0.3, 0.4) is 0 Å². The lowest BCUT2D eigenvalue weighted by molar-refractivity contribution is -0.124. The number of ether oxygens (including phenoxy) is 2. The number of rotatable bonds is 8. The molecule has 0 aliphatic heterocycles. The molecule has 0 unspecified atom stereocenters. The molecule has 182 valence electrons. The second-order valence-electron chi connectivity index (χ2n) is 7.22. The Morgan fingerprint density at radius 2 is 0.806 bits per heavy atom. The van der Waals surface area contributed by atoms with E-state index in [1.54, 1.807) is 36.4 Å². The van der Waals surface area contributed by atoms with Crippen LogP contribution in [0.5, 0.6) is 0 Å². The van der Waals surface area contributed by atoms with E-state index in [4.69, 9.17) is 9.47 Å². The molecule has 0 saturated heterocycles. The van der Waals surface area contributed by atoms with Crippen LogP contribution in [0.4, 0.5) is 0 Å². The van der Waals surface area contributed by atoms with Gasteiger partial charge in [-0.05, 0) is 48.5 Å². The predicted molar refractivity (Wildman–Crippen MR) is 125 cm³/mol. The first kappa shape index (κ1) is 25.5. The van der Waals surface area contributed by atoms with Gasteiger partial charge in [-0.15, -0.1) is 0 Å². The number of hydrogen-bond donors (Lipinski definition) is 2. The lowest BCUT2D eigenvalue weighted by Crippen LogP contribution is -2.34. The average molecular weight is 488 g/mol. The Bertz CT molecular complexity index is 1170. The van der Waals surface area contributed by atoms with Crippen molar-refractivity contribution in [2.75, 3.05) is 13.2 Å². The van der Waals surface area contributed by atoms with Gasteiger partial charge >= 0.3 is 11.9 Å².